The highest BCUT2D eigenvalue weighted by atomic mass is 79.9. The van der Waals surface area contributed by atoms with E-state index in [4.69, 9.17) is 4.42 Å². The zero-order valence-electron chi connectivity index (χ0n) is 10.7. The van der Waals surface area contributed by atoms with Gasteiger partial charge in [0.1, 0.15) is 5.76 Å². The van der Waals surface area contributed by atoms with Crippen LogP contribution in [0.2, 0.25) is 0 Å². The summed E-state index contributed by atoms with van der Waals surface area (Å²) in [6.07, 6.45) is 4.72. The lowest BCUT2D eigenvalue weighted by molar-refractivity contribution is -0.116. The topological polar surface area (TPSA) is 42.2 Å². The molecule has 0 aromatic carbocycles. The van der Waals surface area contributed by atoms with Crippen LogP contribution in [0.25, 0.3) is 6.08 Å². The summed E-state index contributed by atoms with van der Waals surface area (Å²) < 4.78 is 6.26. The molecule has 0 saturated carbocycles. The molecule has 0 aliphatic heterocycles. The number of hydrogen-bond acceptors (Lipinski definition) is 4. The fourth-order valence-electron chi connectivity index (χ4n) is 1.45. The van der Waals surface area contributed by atoms with Crippen LogP contribution >= 0.6 is 39.0 Å². The van der Waals surface area contributed by atoms with Crippen LogP contribution in [0.15, 0.2) is 44.8 Å². The molecule has 6 heteroatoms. The van der Waals surface area contributed by atoms with Gasteiger partial charge in [0.05, 0.1) is 10.0 Å². The summed E-state index contributed by atoms with van der Waals surface area (Å²) >= 11 is 7.00. The normalized spacial score (nSPS) is 11.1. The van der Waals surface area contributed by atoms with Crippen LogP contribution in [-0.2, 0) is 10.5 Å². The third kappa shape index (κ3) is 5.56. The minimum absolute atomic E-state index is 0.0964. The minimum atomic E-state index is -0.0964. The van der Waals surface area contributed by atoms with Crippen molar-refractivity contribution in [3.8, 4) is 0 Å². The van der Waals surface area contributed by atoms with Crippen molar-refractivity contribution in [3.63, 3.8) is 0 Å². The van der Waals surface area contributed by atoms with Crippen molar-refractivity contribution in [2.45, 2.75) is 5.75 Å². The maximum Gasteiger partial charge on any atom is 0.244 e. The lowest BCUT2D eigenvalue weighted by atomic mass is 10.4. The molecular formula is C14H14BrNO2S2. The van der Waals surface area contributed by atoms with E-state index in [2.05, 4.69) is 33.4 Å². The molecule has 3 nitrogen and oxygen atoms in total. The fraction of sp³-hybridized carbons (Fsp3) is 0.214. The van der Waals surface area contributed by atoms with E-state index in [0.717, 1.165) is 15.3 Å². The molecule has 1 amide bonds. The highest BCUT2D eigenvalue weighted by Crippen LogP contribution is 2.25. The van der Waals surface area contributed by atoms with E-state index < -0.39 is 0 Å². The molecule has 2 aromatic rings. The maximum atomic E-state index is 11.5. The molecule has 0 unspecified atom stereocenters. The van der Waals surface area contributed by atoms with Gasteiger partial charge in [-0.2, -0.15) is 11.8 Å². The monoisotopic (exact) mass is 371 g/mol. The van der Waals surface area contributed by atoms with Crippen molar-refractivity contribution in [3.05, 3.63) is 51.0 Å². The van der Waals surface area contributed by atoms with Gasteiger partial charge in [-0.05, 0) is 46.3 Å². The standard InChI is InChI=1S/C14H14BrNO2S2/c15-13-5-4-12(20-13)10-19-9-7-16-14(17)6-3-11-2-1-8-18-11/h1-6,8H,7,9-10H2,(H,16,17)/b6-3+. The van der Waals surface area contributed by atoms with Crippen molar-refractivity contribution in [2.24, 2.45) is 0 Å². The first-order chi connectivity index (χ1) is 9.74. The first kappa shape index (κ1) is 15.4. The second-order valence-corrected chi connectivity index (χ2v) is 7.55. The summed E-state index contributed by atoms with van der Waals surface area (Å²) in [4.78, 5) is 12.9. The number of furan rings is 1. The number of carbonyl (C=O) groups is 1. The maximum absolute atomic E-state index is 11.5. The van der Waals surface area contributed by atoms with Crippen molar-refractivity contribution in [1.82, 2.24) is 5.32 Å². The van der Waals surface area contributed by atoms with E-state index in [1.165, 1.54) is 11.0 Å². The molecule has 0 fully saturated rings. The van der Waals surface area contributed by atoms with Crippen LogP contribution in [0.4, 0.5) is 0 Å². The van der Waals surface area contributed by atoms with Gasteiger partial charge >= 0.3 is 0 Å². The zero-order chi connectivity index (χ0) is 14.2. The quantitative estimate of drug-likeness (QED) is 0.586. The summed E-state index contributed by atoms with van der Waals surface area (Å²) in [5.74, 6) is 2.46. The smallest absolute Gasteiger partial charge is 0.244 e. The molecule has 0 saturated heterocycles. The van der Waals surface area contributed by atoms with E-state index >= 15 is 0 Å². The number of hydrogen-bond donors (Lipinski definition) is 1. The Kier molecular flexibility index (Phi) is 6.42. The first-order valence-corrected chi connectivity index (χ1v) is 8.82. The predicted molar refractivity (Wildman–Crippen MR) is 88.9 cm³/mol. The second-order valence-electron chi connectivity index (χ2n) is 3.90. The SMILES string of the molecule is O=C(/C=C/c1ccco1)NCCSCc1ccc(Br)s1. The van der Waals surface area contributed by atoms with Crippen LogP contribution in [-0.4, -0.2) is 18.2 Å². The Balaban J connectivity index is 1.57. The number of nitrogens with one attached hydrogen (secondary N) is 1. The van der Waals surface area contributed by atoms with Crippen LogP contribution in [0.1, 0.15) is 10.6 Å². The zero-order valence-corrected chi connectivity index (χ0v) is 13.9. The van der Waals surface area contributed by atoms with Crippen molar-refractivity contribution in [1.29, 1.82) is 0 Å². The summed E-state index contributed by atoms with van der Waals surface area (Å²) in [6, 6.07) is 7.77. The molecule has 0 aliphatic rings. The minimum Gasteiger partial charge on any atom is -0.465 e. The molecule has 20 heavy (non-hydrogen) atoms. The lowest BCUT2D eigenvalue weighted by Crippen LogP contribution is -2.23. The van der Waals surface area contributed by atoms with Crippen molar-refractivity contribution >= 4 is 51.0 Å². The molecule has 0 atom stereocenters. The Morgan fingerprint density at radius 1 is 1.45 bits per heavy atom. The summed E-state index contributed by atoms with van der Waals surface area (Å²) in [5.41, 5.74) is 0. The lowest BCUT2D eigenvalue weighted by Gasteiger charge is -2.01. The van der Waals surface area contributed by atoms with Crippen molar-refractivity contribution in [2.75, 3.05) is 12.3 Å². The molecule has 0 bridgehead atoms. The van der Waals surface area contributed by atoms with Crippen LogP contribution in [0, 0.1) is 0 Å². The highest BCUT2D eigenvalue weighted by Gasteiger charge is 1.99. The van der Waals surface area contributed by atoms with Gasteiger partial charge in [-0.15, -0.1) is 11.3 Å². The molecule has 2 heterocycles. The molecule has 0 radical (unpaired) electrons. The highest BCUT2D eigenvalue weighted by molar-refractivity contribution is 9.11. The van der Waals surface area contributed by atoms with Crippen LogP contribution in [0.5, 0.6) is 0 Å². The van der Waals surface area contributed by atoms with E-state index in [1.54, 1.807) is 35.8 Å². The number of amides is 1. The number of halogens is 1. The fourth-order valence-corrected chi connectivity index (χ4v) is 3.90. The van der Waals surface area contributed by atoms with E-state index in [1.807, 2.05) is 11.8 Å². The second kappa shape index (κ2) is 8.34. The summed E-state index contributed by atoms with van der Waals surface area (Å²) in [5, 5.41) is 2.84. The number of rotatable bonds is 7. The van der Waals surface area contributed by atoms with Gasteiger partial charge in [0.25, 0.3) is 0 Å². The number of thiophene rings is 1. The van der Waals surface area contributed by atoms with Gasteiger partial charge in [-0.25, -0.2) is 0 Å². The predicted octanol–water partition coefficient (Wildman–Crippen LogP) is 4.17. The van der Waals surface area contributed by atoms with Gasteiger partial charge in [0.15, 0.2) is 0 Å². The van der Waals surface area contributed by atoms with Crippen LogP contribution in [0.3, 0.4) is 0 Å². The van der Waals surface area contributed by atoms with Crippen LogP contribution < -0.4 is 5.32 Å². The van der Waals surface area contributed by atoms with Gasteiger partial charge < -0.3 is 9.73 Å². The van der Waals surface area contributed by atoms with Gasteiger partial charge in [-0.3, -0.25) is 4.79 Å². The first-order valence-electron chi connectivity index (χ1n) is 6.05. The Morgan fingerprint density at radius 3 is 3.05 bits per heavy atom. The largest absolute Gasteiger partial charge is 0.465 e. The Morgan fingerprint density at radius 2 is 2.35 bits per heavy atom. The Bertz CT molecular complexity index is 564. The Labute approximate surface area is 134 Å². The van der Waals surface area contributed by atoms with Crippen molar-refractivity contribution < 1.29 is 9.21 Å². The van der Waals surface area contributed by atoms with E-state index in [-0.39, 0.29) is 5.91 Å². The number of carbonyl (C=O) groups excluding carboxylic acids is 1. The third-order valence-electron chi connectivity index (χ3n) is 2.36. The molecule has 0 aliphatic carbocycles. The molecular weight excluding hydrogens is 358 g/mol. The van der Waals surface area contributed by atoms with E-state index in [0.29, 0.717) is 12.3 Å². The molecule has 2 rings (SSSR count). The molecule has 106 valence electrons. The third-order valence-corrected chi connectivity index (χ3v) is 5.18. The van der Waals surface area contributed by atoms with Gasteiger partial charge in [-0.1, -0.05) is 0 Å². The Hall–Kier alpha value is -0.980. The average Bonchev–Trinajstić information content (AvgIpc) is 3.07. The number of thioether (sulfide) groups is 1. The average molecular weight is 372 g/mol. The van der Waals surface area contributed by atoms with Gasteiger partial charge in [0.2, 0.25) is 5.91 Å². The molecule has 1 N–H and O–H groups in total. The molecule has 2 aromatic heterocycles. The van der Waals surface area contributed by atoms with Gasteiger partial charge in [0, 0.05) is 29.0 Å². The van der Waals surface area contributed by atoms with E-state index in [9.17, 15) is 4.79 Å². The molecule has 0 spiro atoms. The summed E-state index contributed by atoms with van der Waals surface area (Å²) in [7, 11) is 0. The summed E-state index contributed by atoms with van der Waals surface area (Å²) in [6.45, 7) is 0.665.